The second kappa shape index (κ2) is 5.93. The molecule has 106 valence electrons. The van der Waals surface area contributed by atoms with Crippen LogP contribution >= 0.6 is 0 Å². The molecule has 0 spiro atoms. The van der Waals surface area contributed by atoms with Crippen LogP contribution in [0.1, 0.15) is 39.2 Å². The number of nitrogens with one attached hydrogen (secondary N) is 1. The monoisotopic (exact) mass is 266 g/mol. The molecule has 1 aromatic rings. The van der Waals surface area contributed by atoms with Crippen molar-refractivity contribution >= 4 is 11.8 Å². The summed E-state index contributed by atoms with van der Waals surface area (Å²) in [5.74, 6) is 0.151. The van der Waals surface area contributed by atoms with Crippen molar-refractivity contribution in [3.05, 3.63) is 23.8 Å². The normalized spacial score (nSPS) is 12.9. The molecule has 1 rings (SSSR count). The van der Waals surface area contributed by atoms with E-state index in [1.54, 1.807) is 32.9 Å². The molecule has 1 unspecified atom stereocenters. The van der Waals surface area contributed by atoms with Gasteiger partial charge in [0.05, 0.1) is 5.69 Å². The SMILES string of the molecule is CC(CN)c1ccc(O)c(NC(=O)OC(C)(C)C)c1. The summed E-state index contributed by atoms with van der Waals surface area (Å²) in [6.45, 7) is 7.80. The largest absolute Gasteiger partial charge is 0.506 e. The molecule has 0 aliphatic heterocycles. The molecule has 1 atom stereocenters. The number of phenols is 1. The van der Waals surface area contributed by atoms with E-state index in [0.717, 1.165) is 5.56 Å². The molecule has 0 bridgehead atoms. The lowest BCUT2D eigenvalue weighted by Gasteiger charge is -2.20. The Morgan fingerprint density at radius 1 is 1.47 bits per heavy atom. The lowest BCUT2D eigenvalue weighted by Crippen LogP contribution is -2.27. The van der Waals surface area contributed by atoms with Gasteiger partial charge in [-0.15, -0.1) is 0 Å². The number of anilines is 1. The summed E-state index contributed by atoms with van der Waals surface area (Å²) >= 11 is 0. The van der Waals surface area contributed by atoms with Gasteiger partial charge in [0.15, 0.2) is 0 Å². The molecule has 5 nitrogen and oxygen atoms in total. The fourth-order valence-corrected chi connectivity index (χ4v) is 1.51. The van der Waals surface area contributed by atoms with Gasteiger partial charge < -0.3 is 15.6 Å². The van der Waals surface area contributed by atoms with Crippen LogP contribution in [-0.2, 0) is 4.74 Å². The zero-order valence-corrected chi connectivity index (χ0v) is 11.9. The van der Waals surface area contributed by atoms with Gasteiger partial charge in [0.25, 0.3) is 0 Å². The smallest absolute Gasteiger partial charge is 0.412 e. The number of rotatable bonds is 3. The number of hydrogen-bond acceptors (Lipinski definition) is 4. The van der Waals surface area contributed by atoms with E-state index in [-0.39, 0.29) is 11.7 Å². The van der Waals surface area contributed by atoms with Crippen molar-refractivity contribution in [1.29, 1.82) is 0 Å². The molecule has 0 radical (unpaired) electrons. The molecule has 5 heteroatoms. The summed E-state index contributed by atoms with van der Waals surface area (Å²) in [7, 11) is 0. The van der Waals surface area contributed by atoms with Crippen LogP contribution in [0.3, 0.4) is 0 Å². The first kappa shape index (κ1) is 15.3. The number of amides is 1. The number of phenolic OH excluding ortho intramolecular Hbond substituents is 1. The second-order valence-electron chi connectivity index (χ2n) is 5.54. The van der Waals surface area contributed by atoms with E-state index >= 15 is 0 Å². The average Bonchev–Trinajstić information content (AvgIpc) is 2.28. The first-order chi connectivity index (χ1) is 8.73. The Balaban J connectivity index is 2.85. The lowest BCUT2D eigenvalue weighted by molar-refractivity contribution is 0.0635. The Kier molecular flexibility index (Phi) is 4.78. The molecule has 1 amide bonds. The molecule has 0 fully saturated rings. The van der Waals surface area contributed by atoms with Gasteiger partial charge in [-0.25, -0.2) is 4.79 Å². The third-order valence-corrected chi connectivity index (χ3v) is 2.58. The zero-order chi connectivity index (χ0) is 14.6. The van der Waals surface area contributed by atoms with Crippen molar-refractivity contribution in [2.45, 2.75) is 39.2 Å². The summed E-state index contributed by atoms with van der Waals surface area (Å²) in [5, 5.41) is 12.3. The Morgan fingerprint density at radius 2 is 2.11 bits per heavy atom. The highest BCUT2D eigenvalue weighted by molar-refractivity contribution is 5.87. The molecule has 4 N–H and O–H groups in total. The molecule has 0 saturated heterocycles. The van der Waals surface area contributed by atoms with Crippen molar-refractivity contribution in [3.63, 3.8) is 0 Å². The molecular formula is C14H22N2O3. The van der Waals surface area contributed by atoms with Gasteiger partial charge in [0, 0.05) is 0 Å². The molecule has 1 aromatic carbocycles. The van der Waals surface area contributed by atoms with Crippen molar-refractivity contribution < 1.29 is 14.6 Å². The Bertz CT molecular complexity index is 452. The highest BCUT2D eigenvalue weighted by atomic mass is 16.6. The summed E-state index contributed by atoms with van der Waals surface area (Å²) < 4.78 is 5.14. The predicted octanol–water partition coefficient (Wildman–Crippen LogP) is 2.80. The molecule has 0 aliphatic rings. The van der Waals surface area contributed by atoms with E-state index in [4.69, 9.17) is 10.5 Å². The number of nitrogens with two attached hydrogens (primary N) is 1. The Labute approximate surface area is 113 Å². The molecule has 0 aliphatic carbocycles. The highest BCUT2D eigenvalue weighted by Gasteiger charge is 2.17. The maximum Gasteiger partial charge on any atom is 0.412 e. The average molecular weight is 266 g/mol. The summed E-state index contributed by atoms with van der Waals surface area (Å²) in [5.41, 5.74) is 6.30. The molecule has 0 heterocycles. The summed E-state index contributed by atoms with van der Waals surface area (Å²) in [4.78, 5) is 11.7. The minimum atomic E-state index is -0.597. The molecule has 19 heavy (non-hydrogen) atoms. The third-order valence-electron chi connectivity index (χ3n) is 2.58. The van der Waals surface area contributed by atoms with E-state index in [9.17, 15) is 9.90 Å². The van der Waals surface area contributed by atoms with Crippen LogP contribution in [0.15, 0.2) is 18.2 Å². The van der Waals surface area contributed by atoms with Crippen LogP contribution in [-0.4, -0.2) is 23.3 Å². The van der Waals surface area contributed by atoms with Crippen LogP contribution in [0, 0.1) is 0 Å². The van der Waals surface area contributed by atoms with Crippen molar-refractivity contribution in [3.8, 4) is 5.75 Å². The van der Waals surface area contributed by atoms with Gasteiger partial charge in [0.2, 0.25) is 0 Å². The van der Waals surface area contributed by atoms with Gasteiger partial charge in [-0.1, -0.05) is 13.0 Å². The topological polar surface area (TPSA) is 84.6 Å². The van der Waals surface area contributed by atoms with Crippen LogP contribution in [0.4, 0.5) is 10.5 Å². The number of carbonyl (C=O) groups excluding carboxylic acids is 1. The van der Waals surface area contributed by atoms with E-state index in [0.29, 0.717) is 12.2 Å². The zero-order valence-electron chi connectivity index (χ0n) is 11.9. The van der Waals surface area contributed by atoms with E-state index < -0.39 is 11.7 Å². The number of hydrogen-bond donors (Lipinski definition) is 3. The van der Waals surface area contributed by atoms with Crippen molar-refractivity contribution in [2.75, 3.05) is 11.9 Å². The number of benzene rings is 1. The van der Waals surface area contributed by atoms with Crippen molar-refractivity contribution in [2.24, 2.45) is 5.73 Å². The van der Waals surface area contributed by atoms with E-state index in [1.807, 2.05) is 6.92 Å². The van der Waals surface area contributed by atoms with Crippen LogP contribution < -0.4 is 11.1 Å². The van der Waals surface area contributed by atoms with Gasteiger partial charge in [0.1, 0.15) is 11.4 Å². The van der Waals surface area contributed by atoms with Crippen LogP contribution in [0.25, 0.3) is 0 Å². The van der Waals surface area contributed by atoms with E-state index in [1.165, 1.54) is 6.07 Å². The van der Waals surface area contributed by atoms with Crippen LogP contribution in [0.5, 0.6) is 5.75 Å². The minimum Gasteiger partial charge on any atom is -0.506 e. The van der Waals surface area contributed by atoms with Gasteiger partial charge in [-0.2, -0.15) is 0 Å². The van der Waals surface area contributed by atoms with Gasteiger partial charge in [-0.3, -0.25) is 5.32 Å². The lowest BCUT2D eigenvalue weighted by atomic mass is 10.0. The molecule has 0 aromatic heterocycles. The highest BCUT2D eigenvalue weighted by Crippen LogP contribution is 2.28. The minimum absolute atomic E-state index is 0.00108. The Hall–Kier alpha value is -1.75. The maximum atomic E-state index is 11.7. The predicted molar refractivity (Wildman–Crippen MR) is 75.4 cm³/mol. The van der Waals surface area contributed by atoms with Crippen LogP contribution in [0.2, 0.25) is 0 Å². The first-order valence-electron chi connectivity index (χ1n) is 6.26. The van der Waals surface area contributed by atoms with E-state index in [2.05, 4.69) is 5.32 Å². The number of ether oxygens (including phenoxy) is 1. The quantitative estimate of drug-likeness (QED) is 0.734. The Morgan fingerprint density at radius 3 is 2.63 bits per heavy atom. The second-order valence-corrected chi connectivity index (χ2v) is 5.54. The molecular weight excluding hydrogens is 244 g/mol. The fraction of sp³-hybridized carbons (Fsp3) is 0.500. The summed E-state index contributed by atoms with van der Waals surface area (Å²) in [6, 6.07) is 5.03. The molecule has 0 saturated carbocycles. The number of carbonyl (C=O) groups is 1. The maximum absolute atomic E-state index is 11.7. The first-order valence-corrected chi connectivity index (χ1v) is 6.26. The number of aromatic hydroxyl groups is 1. The van der Waals surface area contributed by atoms with Crippen molar-refractivity contribution in [1.82, 2.24) is 0 Å². The van der Waals surface area contributed by atoms with Gasteiger partial charge in [-0.05, 0) is 50.9 Å². The standard InChI is InChI=1S/C14H22N2O3/c1-9(8-15)10-5-6-12(17)11(7-10)16-13(18)19-14(2,3)4/h5-7,9,17H,8,15H2,1-4H3,(H,16,18). The van der Waals surface area contributed by atoms with Gasteiger partial charge >= 0.3 is 6.09 Å². The fourth-order valence-electron chi connectivity index (χ4n) is 1.51. The summed E-state index contributed by atoms with van der Waals surface area (Å²) in [6.07, 6.45) is -0.597. The third kappa shape index (κ3) is 4.79.